The molecule has 0 atom stereocenters. The number of sulfonamides is 1. The van der Waals surface area contributed by atoms with Crippen molar-refractivity contribution in [3.8, 4) is 0 Å². The van der Waals surface area contributed by atoms with Crippen molar-refractivity contribution >= 4 is 25.5 Å². The summed E-state index contributed by atoms with van der Waals surface area (Å²) in [6.07, 6.45) is 0. The molecule has 2 aromatic rings. The van der Waals surface area contributed by atoms with Crippen LogP contribution in [0.25, 0.3) is 0 Å². The van der Waals surface area contributed by atoms with Crippen molar-refractivity contribution in [1.82, 2.24) is 0 Å². The lowest BCUT2D eigenvalue weighted by Crippen LogP contribution is -2.14. The van der Waals surface area contributed by atoms with Crippen molar-refractivity contribution < 1.29 is 16.8 Å². The summed E-state index contributed by atoms with van der Waals surface area (Å²) in [6.45, 7) is 3.28. The van der Waals surface area contributed by atoms with Crippen LogP contribution in [0, 0.1) is 13.8 Å². The first kappa shape index (κ1) is 16.5. The van der Waals surface area contributed by atoms with Gasteiger partial charge < -0.3 is 5.73 Å². The van der Waals surface area contributed by atoms with Gasteiger partial charge >= 0.3 is 0 Å². The molecule has 4 N–H and O–H groups in total. The maximum Gasteiger partial charge on any atom is 0.238 e. The Morgan fingerprint density at radius 3 is 1.95 bits per heavy atom. The normalized spacial score (nSPS) is 12.3. The Labute approximate surface area is 129 Å². The van der Waals surface area contributed by atoms with Gasteiger partial charge in [0.05, 0.1) is 14.7 Å². The third-order valence-corrected chi connectivity index (χ3v) is 6.13. The smallest absolute Gasteiger partial charge is 0.238 e. The zero-order valence-electron chi connectivity index (χ0n) is 12.1. The molecule has 6 nitrogen and oxygen atoms in total. The summed E-state index contributed by atoms with van der Waals surface area (Å²) in [5, 5.41) is 5.06. The lowest BCUT2D eigenvalue weighted by Gasteiger charge is -2.11. The molecule has 0 spiro atoms. The number of hydrogen-bond donors (Lipinski definition) is 2. The zero-order valence-corrected chi connectivity index (χ0v) is 13.7. The molecule has 0 radical (unpaired) electrons. The van der Waals surface area contributed by atoms with Crippen LogP contribution >= 0.6 is 0 Å². The molecular formula is C14H16N2O4S2. The van der Waals surface area contributed by atoms with Crippen molar-refractivity contribution in [2.75, 3.05) is 5.73 Å². The molecule has 8 heteroatoms. The second kappa shape index (κ2) is 5.38. The standard InChI is InChI=1S/C14H16N2O4S2/c1-9-3-4-12(22(16,19)20)8-14(9)21(17,18)11-5-6-13(15)10(2)7-11/h3-8H,15H2,1-2H3,(H2,16,19,20). The fraction of sp³-hybridized carbons (Fsp3) is 0.143. The van der Waals surface area contributed by atoms with E-state index in [1.54, 1.807) is 13.8 Å². The average Bonchev–Trinajstić information content (AvgIpc) is 2.40. The lowest BCUT2D eigenvalue weighted by molar-refractivity contribution is 0.594. The molecule has 22 heavy (non-hydrogen) atoms. The molecule has 0 aliphatic rings. The van der Waals surface area contributed by atoms with E-state index >= 15 is 0 Å². The van der Waals surface area contributed by atoms with E-state index in [-0.39, 0.29) is 14.7 Å². The third kappa shape index (κ3) is 2.99. The number of hydrogen-bond acceptors (Lipinski definition) is 5. The quantitative estimate of drug-likeness (QED) is 0.817. The first-order chi connectivity index (χ1) is 10.0. The highest BCUT2D eigenvalue weighted by Gasteiger charge is 2.22. The van der Waals surface area contributed by atoms with Crippen LogP contribution in [0.3, 0.4) is 0 Å². The molecule has 0 aromatic heterocycles. The number of primary sulfonamides is 1. The molecule has 118 valence electrons. The van der Waals surface area contributed by atoms with Crippen LogP contribution in [0.4, 0.5) is 5.69 Å². The molecular weight excluding hydrogens is 324 g/mol. The second-order valence-corrected chi connectivity index (χ2v) is 8.47. The van der Waals surface area contributed by atoms with Crippen LogP contribution in [-0.2, 0) is 19.9 Å². The Morgan fingerprint density at radius 2 is 1.41 bits per heavy atom. The summed E-state index contributed by atoms with van der Waals surface area (Å²) < 4.78 is 48.3. The minimum absolute atomic E-state index is 0.0499. The predicted molar refractivity (Wildman–Crippen MR) is 83.6 cm³/mol. The number of nitrogens with two attached hydrogens (primary N) is 2. The van der Waals surface area contributed by atoms with Crippen LogP contribution < -0.4 is 10.9 Å². The van der Waals surface area contributed by atoms with Crippen LogP contribution in [-0.4, -0.2) is 16.8 Å². The molecule has 0 unspecified atom stereocenters. The fourth-order valence-electron chi connectivity index (χ4n) is 1.99. The van der Waals surface area contributed by atoms with Gasteiger partial charge in [-0.05, 0) is 55.3 Å². The first-order valence-electron chi connectivity index (χ1n) is 6.28. The van der Waals surface area contributed by atoms with Crippen molar-refractivity contribution in [3.05, 3.63) is 47.5 Å². The van der Waals surface area contributed by atoms with Crippen LogP contribution in [0.5, 0.6) is 0 Å². The van der Waals surface area contributed by atoms with Crippen molar-refractivity contribution in [3.63, 3.8) is 0 Å². The maximum absolute atomic E-state index is 12.7. The Hall–Kier alpha value is -1.90. The Kier molecular flexibility index (Phi) is 4.03. The highest BCUT2D eigenvalue weighted by atomic mass is 32.2. The first-order valence-corrected chi connectivity index (χ1v) is 9.31. The average molecular weight is 340 g/mol. The van der Waals surface area contributed by atoms with Crippen molar-refractivity contribution in [2.24, 2.45) is 5.14 Å². The topological polar surface area (TPSA) is 120 Å². The van der Waals surface area contributed by atoms with Gasteiger partial charge in [0.25, 0.3) is 0 Å². The SMILES string of the molecule is Cc1cc(S(=O)(=O)c2cc(S(N)(=O)=O)ccc2C)ccc1N. The lowest BCUT2D eigenvalue weighted by atomic mass is 10.2. The van der Waals surface area contributed by atoms with E-state index in [2.05, 4.69) is 0 Å². The molecule has 2 rings (SSSR count). The molecule has 0 fully saturated rings. The van der Waals surface area contributed by atoms with Gasteiger partial charge in [-0.25, -0.2) is 22.0 Å². The summed E-state index contributed by atoms with van der Waals surface area (Å²) in [5.41, 5.74) is 7.23. The maximum atomic E-state index is 12.7. The van der Waals surface area contributed by atoms with Crippen LogP contribution in [0.2, 0.25) is 0 Å². The molecule has 0 aliphatic heterocycles. The number of aryl methyl sites for hydroxylation is 2. The number of rotatable bonds is 3. The molecule has 0 bridgehead atoms. The monoisotopic (exact) mass is 340 g/mol. The van der Waals surface area contributed by atoms with E-state index < -0.39 is 19.9 Å². The molecule has 2 aromatic carbocycles. The largest absolute Gasteiger partial charge is 0.399 e. The van der Waals surface area contributed by atoms with E-state index in [9.17, 15) is 16.8 Å². The highest BCUT2D eigenvalue weighted by molar-refractivity contribution is 7.91. The van der Waals surface area contributed by atoms with E-state index in [4.69, 9.17) is 10.9 Å². The van der Waals surface area contributed by atoms with Gasteiger partial charge in [0.1, 0.15) is 0 Å². The Bertz CT molecular complexity index is 949. The van der Waals surface area contributed by atoms with Gasteiger partial charge in [-0.15, -0.1) is 0 Å². The predicted octanol–water partition coefficient (Wildman–Crippen LogP) is 1.37. The fourth-order valence-corrected chi connectivity index (χ4v) is 4.21. The van der Waals surface area contributed by atoms with Crippen LogP contribution in [0.15, 0.2) is 51.1 Å². The van der Waals surface area contributed by atoms with Gasteiger partial charge in [0.2, 0.25) is 19.9 Å². The number of benzene rings is 2. The van der Waals surface area contributed by atoms with Crippen molar-refractivity contribution in [1.29, 1.82) is 0 Å². The second-order valence-electron chi connectivity index (χ2n) is 4.99. The van der Waals surface area contributed by atoms with E-state index in [0.29, 0.717) is 16.8 Å². The zero-order chi connectivity index (χ0) is 16.7. The Morgan fingerprint density at radius 1 is 0.818 bits per heavy atom. The Balaban J connectivity index is 2.70. The van der Waals surface area contributed by atoms with Gasteiger partial charge in [-0.3, -0.25) is 0 Å². The highest BCUT2D eigenvalue weighted by Crippen LogP contribution is 2.27. The van der Waals surface area contributed by atoms with Gasteiger partial charge in [-0.1, -0.05) is 6.07 Å². The molecule has 0 heterocycles. The minimum Gasteiger partial charge on any atom is -0.399 e. The van der Waals surface area contributed by atoms with Gasteiger partial charge in [-0.2, -0.15) is 0 Å². The molecule has 0 aliphatic carbocycles. The van der Waals surface area contributed by atoms with Gasteiger partial charge in [0.15, 0.2) is 0 Å². The summed E-state index contributed by atoms with van der Waals surface area (Å²) in [6, 6.07) is 8.11. The number of sulfone groups is 1. The third-order valence-electron chi connectivity index (χ3n) is 3.33. The molecule has 0 saturated carbocycles. The van der Waals surface area contributed by atoms with Crippen LogP contribution in [0.1, 0.15) is 11.1 Å². The summed E-state index contributed by atoms with van der Waals surface area (Å²) in [4.78, 5) is -0.291. The summed E-state index contributed by atoms with van der Waals surface area (Å²) >= 11 is 0. The molecule has 0 amide bonds. The summed E-state index contributed by atoms with van der Waals surface area (Å²) in [5.74, 6) is 0. The number of nitrogen functional groups attached to an aromatic ring is 1. The summed E-state index contributed by atoms with van der Waals surface area (Å²) in [7, 11) is -7.85. The number of anilines is 1. The van der Waals surface area contributed by atoms with E-state index in [1.165, 1.54) is 30.3 Å². The molecule has 0 saturated heterocycles. The minimum atomic E-state index is -3.98. The van der Waals surface area contributed by atoms with Gasteiger partial charge in [0, 0.05) is 5.69 Å². The van der Waals surface area contributed by atoms with Crippen molar-refractivity contribution in [2.45, 2.75) is 28.5 Å². The van der Waals surface area contributed by atoms with E-state index in [1.807, 2.05) is 0 Å². The van der Waals surface area contributed by atoms with E-state index in [0.717, 1.165) is 6.07 Å².